The summed E-state index contributed by atoms with van der Waals surface area (Å²) in [5.74, 6) is -0.344. The number of nitrogens with zero attached hydrogens (tertiary/aromatic N) is 1. The van der Waals surface area contributed by atoms with E-state index in [4.69, 9.17) is 11.6 Å². The number of hydrogen-bond donors (Lipinski definition) is 0. The highest BCUT2D eigenvalue weighted by atomic mass is 35.5. The van der Waals surface area contributed by atoms with Crippen molar-refractivity contribution < 1.29 is 9.18 Å². The van der Waals surface area contributed by atoms with Gasteiger partial charge in [-0.1, -0.05) is 6.07 Å². The third-order valence-corrected chi connectivity index (χ3v) is 2.36. The molecule has 0 aromatic heterocycles. The fraction of sp³-hybridized carbons (Fsp3) is 0.222. The smallest absolute Gasteiger partial charge is 0.298 e. The van der Waals surface area contributed by atoms with Gasteiger partial charge in [-0.25, -0.2) is 4.39 Å². The van der Waals surface area contributed by atoms with Gasteiger partial charge < -0.3 is 0 Å². The van der Waals surface area contributed by atoms with Gasteiger partial charge in [-0.3, -0.25) is 9.69 Å². The molecule has 0 unspecified atom stereocenters. The maximum atomic E-state index is 12.8. The van der Waals surface area contributed by atoms with E-state index in [0.29, 0.717) is 12.2 Å². The summed E-state index contributed by atoms with van der Waals surface area (Å²) in [6, 6.07) is 4.41. The van der Waals surface area contributed by atoms with Crippen LogP contribution in [-0.4, -0.2) is 11.9 Å². The minimum atomic E-state index is -0.552. The number of fused-ring (bicyclic) bond motifs is 1. The second-order valence-electron chi connectivity index (χ2n) is 2.93. The minimum Gasteiger partial charge on any atom is -0.298 e. The van der Waals surface area contributed by atoms with E-state index in [1.807, 2.05) is 0 Å². The van der Waals surface area contributed by atoms with Crippen molar-refractivity contribution in [3.63, 3.8) is 0 Å². The van der Waals surface area contributed by atoms with Gasteiger partial charge in [-0.05, 0) is 35.7 Å². The minimum absolute atomic E-state index is 0.344. The molecule has 1 aromatic carbocycles. The van der Waals surface area contributed by atoms with Gasteiger partial charge >= 0.3 is 5.37 Å². The average Bonchev–Trinajstić information content (AvgIpc) is 2.46. The van der Waals surface area contributed by atoms with Gasteiger partial charge in [-0.2, -0.15) is 0 Å². The fourth-order valence-corrected chi connectivity index (χ4v) is 1.71. The summed E-state index contributed by atoms with van der Waals surface area (Å²) >= 11 is 5.33. The third kappa shape index (κ3) is 1.40. The first-order valence-corrected chi connectivity index (χ1v) is 4.32. The van der Waals surface area contributed by atoms with Crippen LogP contribution in [-0.2, 0) is 6.42 Å². The summed E-state index contributed by atoms with van der Waals surface area (Å²) in [6.07, 6.45) is 0.744. The first kappa shape index (κ1) is 8.51. The Hall–Kier alpha value is -1.09. The molecule has 1 aliphatic heterocycles. The molecule has 0 saturated heterocycles. The number of rotatable bonds is 0. The topological polar surface area (TPSA) is 20.3 Å². The molecule has 0 bridgehead atoms. The molecule has 4 heteroatoms. The molecule has 0 radical (unpaired) electrons. The van der Waals surface area contributed by atoms with Gasteiger partial charge in [0.15, 0.2) is 0 Å². The molecular formula is C9H7ClFNO. The highest BCUT2D eigenvalue weighted by Gasteiger charge is 2.23. The van der Waals surface area contributed by atoms with Crippen molar-refractivity contribution in [3.8, 4) is 0 Å². The number of carbonyl (C=O) groups is 1. The Kier molecular flexibility index (Phi) is 1.96. The average molecular weight is 200 g/mol. The number of halogens is 2. The van der Waals surface area contributed by atoms with Gasteiger partial charge in [-0.15, -0.1) is 0 Å². The lowest BCUT2D eigenvalue weighted by atomic mass is 10.2. The van der Waals surface area contributed by atoms with Crippen molar-refractivity contribution in [1.29, 1.82) is 0 Å². The summed E-state index contributed by atoms with van der Waals surface area (Å²) < 4.78 is 12.8. The van der Waals surface area contributed by atoms with Gasteiger partial charge in [0, 0.05) is 6.54 Å². The standard InChI is InChI=1S/C9H7ClFNO/c10-9(13)12-4-3-6-1-2-7(11)5-8(6)12/h1-2,5H,3-4H2. The molecular weight excluding hydrogens is 193 g/mol. The summed E-state index contributed by atoms with van der Waals surface area (Å²) in [5.41, 5.74) is 1.57. The zero-order valence-electron chi connectivity index (χ0n) is 6.76. The molecule has 1 aliphatic rings. The Morgan fingerprint density at radius 2 is 2.31 bits per heavy atom. The second kappa shape index (κ2) is 3.00. The first-order valence-electron chi connectivity index (χ1n) is 3.94. The van der Waals surface area contributed by atoms with Crippen LogP contribution in [0, 0.1) is 5.82 Å². The van der Waals surface area contributed by atoms with E-state index in [1.165, 1.54) is 17.0 Å². The quantitative estimate of drug-likeness (QED) is 0.465. The summed E-state index contributed by atoms with van der Waals surface area (Å²) in [6.45, 7) is 0.543. The Morgan fingerprint density at radius 1 is 1.54 bits per heavy atom. The van der Waals surface area contributed by atoms with E-state index >= 15 is 0 Å². The van der Waals surface area contributed by atoms with Crippen molar-refractivity contribution in [1.82, 2.24) is 0 Å². The fourth-order valence-electron chi connectivity index (χ4n) is 1.53. The highest BCUT2D eigenvalue weighted by molar-refractivity contribution is 6.66. The van der Waals surface area contributed by atoms with Crippen LogP contribution in [0.15, 0.2) is 18.2 Å². The molecule has 0 atom stereocenters. The number of anilines is 1. The zero-order chi connectivity index (χ0) is 9.42. The molecule has 13 heavy (non-hydrogen) atoms. The SMILES string of the molecule is O=C(Cl)N1CCc2ccc(F)cc21. The second-order valence-corrected chi connectivity index (χ2v) is 3.25. The van der Waals surface area contributed by atoms with E-state index in [0.717, 1.165) is 12.0 Å². The Balaban J connectivity index is 2.46. The molecule has 1 aromatic rings. The largest absolute Gasteiger partial charge is 0.320 e. The number of hydrogen-bond acceptors (Lipinski definition) is 1. The molecule has 1 heterocycles. The summed E-state index contributed by atoms with van der Waals surface area (Å²) in [5, 5.41) is -0.552. The van der Waals surface area contributed by atoms with Crippen molar-refractivity contribution >= 4 is 22.7 Å². The number of carbonyl (C=O) groups excluding carboxylic acids is 1. The van der Waals surface area contributed by atoms with Crippen LogP contribution in [0.25, 0.3) is 0 Å². The van der Waals surface area contributed by atoms with Gasteiger partial charge in [0.1, 0.15) is 5.82 Å². The molecule has 2 nitrogen and oxygen atoms in total. The molecule has 68 valence electrons. The van der Waals surface area contributed by atoms with Crippen LogP contribution in [0.4, 0.5) is 14.9 Å². The monoisotopic (exact) mass is 199 g/mol. The lowest BCUT2D eigenvalue weighted by Gasteiger charge is -2.12. The van der Waals surface area contributed by atoms with Gasteiger partial charge in [0.2, 0.25) is 0 Å². The van der Waals surface area contributed by atoms with Crippen molar-refractivity contribution in [2.24, 2.45) is 0 Å². The van der Waals surface area contributed by atoms with Crippen LogP contribution >= 0.6 is 11.6 Å². The summed E-state index contributed by atoms with van der Waals surface area (Å²) in [4.78, 5) is 12.3. The van der Waals surface area contributed by atoms with E-state index in [-0.39, 0.29) is 5.82 Å². The van der Waals surface area contributed by atoms with Crippen LogP contribution in [0.5, 0.6) is 0 Å². The molecule has 0 spiro atoms. The predicted octanol–water partition coefficient (Wildman–Crippen LogP) is 2.55. The van der Waals surface area contributed by atoms with Crippen LogP contribution in [0.2, 0.25) is 0 Å². The van der Waals surface area contributed by atoms with Crippen molar-refractivity contribution in [2.45, 2.75) is 6.42 Å². The molecule has 0 N–H and O–H groups in total. The van der Waals surface area contributed by atoms with Crippen LogP contribution in [0.3, 0.4) is 0 Å². The first-order chi connectivity index (χ1) is 6.18. The lowest BCUT2D eigenvalue weighted by molar-refractivity contribution is 0.264. The Bertz CT molecular complexity index is 367. The van der Waals surface area contributed by atoms with Crippen molar-refractivity contribution in [2.75, 3.05) is 11.4 Å². The third-order valence-electron chi connectivity index (χ3n) is 2.16. The normalized spacial score (nSPS) is 14.5. The number of benzene rings is 1. The Labute approximate surface area is 79.9 Å². The van der Waals surface area contributed by atoms with Gasteiger partial charge in [0.25, 0.3) is 0 Å². The van der Waals surface area contributed by atoms with E-state index in [9.17, 15) is 9.18 Å². The molecule has 1 amide bonds. The lowest BCUT2D eigenvalue weighted by Crippen LogP contribution is -2.22. The molecule has 0 fully saturated rings. The maximum absolute atomic E-state index is 12.8. The summed E-state index contributed by atoms with van der Waals surface area (Å²) in [7, 11) is 0. The zero-order valence-corrected chi connectivity index (χ0v) is 7.51. The van der Waals surface area contributed by atoms with Crippen LogP contribution < -0.4 is 4.90 Å². The van der Waals surface area contributed by atoms with E-state index in [1.54, 1.807) is 6.07 Å². The molecule has 2 rings (SSSR count). The predicted molar refractivity (Wildman–Crippen MR) is 48.7 cm³/mol. The molecule has 0 aliphatic carbocycles. The van der Waals surface area contributed by atoms with Gasteiger partial charge in [0.05, 0.1) is 5.69 Å². The highest BCUT2D eigenvalue weighted by Crippen LogP contribution is 2.29. The van der Waals surface area contributed by atoms with Crippen molar-refractivity contribution in [3.05, 3.63) is 29.6 Å². The maximum Gasteiger partial charge on any atom is 0.320 e. The number of amides is 1. The Morgan fingerprint density at radius 3 is 3.00 bits per heavy atom. The van der Waals surface area contributed by atoms with E-state index in [2.05, 4.69) is 0 Å². The van der Waals surface area contributed by atoms with Crippen LogP contribution in [0.1, 0.15) is 5.56 Å². The van der Waals surface area contributed by atoms with E-state index < -0.39 is 5.37 Å². The molecule has 0 saturated carbocycles.